The highest BCUT2D eigenvalue weighted by Gasteiger charge is 2.02. The van der Waals surface area contributed by atoms with Crippen molar-refractivity contribution in [2.45, 2.75) is 38.8 Å². The van der Waals surface area contributed by atoms with Crippen molar-refractivity contribution in [3.63, 3.8) is 0 Å². The molecule has 1 aromatic heterocycles. The van der Waals surface area contributed by atoms with Gasteiger partial charge in [-0.2, -0.15) is 0 Å². The Morgan fingerprint density at radius 1 is 1.04 bits per heavy atom. The Morgan fingerprint density at radius 2 is 1.78 bits per heavy atom. The number of rotatable bonds is 8. The van der Waals surface area contributed by atoms with E-state index in [0.29, 0.717) is 12.2 Å². The third-order valence-corrected chi connectivity index (χ3v) is 4.53. The van der Waals surface area contributed by atoms with Crippen LogP contribution in [0.4, 0.5) is 4.39 Å². The minimum Gasteiger partial charge on any atom is -0.248 e. The number of aromatic nitrogens is 2. The normalized spacial score (nSPS) is 12.5. The second-order valence-electron chi connectivity index (χ2n) is 6.83. The van der Waals surface area contributed by atoms with Crippen molar-refractivity contribution in [2.75, 3.05) is 0 Å². The van der Waals surface area contributed by atoms with Crippen molar-refractivity contribution in [1.29, 1.82) is 0 Å². The summed E-state index contributed by atoms with van der Waals surface area (Å²) in [6, 6.07) is 12.9. The zero-order valence-corrected chi connectivity index (χ0v) is 15.7. The number of hydrogen-bond acceptors (Lipinski definition) is 2. The summed E-state index contributed by atoms with van der Waals surface area (Å²) in [6.45, 7) is 5.39. The summed E-state index contributed by atoms with van der Waals surface area (Å²) < 4.78 is 12.8. The van der Waals surface area contributed by atoms with Gasteiger partial charge < -0.3 is 0 Å². The monoisotopic (exact) mass is 360 g/mol. The van der Waals surface area contributed by atoms with Crippen molar-refractivity contribution in [3.8, 4) is 11.1 Å². The van der Waals surface area contributed by atoms with E-state index in [1.165, 1.54) is 16.3 Å². The first-order chi connectivity index (χ1) is 13.2. The highest BCUT2D eigenvalue weighted by Crippen LogP contribution is 2.24. The van der Waals surface area contributed by atoms with Gasteiger partial charge in [0.2, 0.25) is 0 Å². The number of fused-ring (bicyclic) bond motifs is 1. The van der Waals surface area contributed by atoms with Crippen LogP contribution < -0.4 is 0 Å². The summed E-state index contributed by atoms with van der Waals surface area (Å²) in [7, 11) is 0. The maximum atomic E-state index is 12.8. The van der Waals surface area contributed by atoms with Crippen LogP contribution in [0.3, 0.4) is 0 Å². The largest absolute Gasteiger partial charge is 0.248 e. The molecule has 27 heavy (non-hydrogen) atoms. The molecule has 2 aromatic carbocycles. The van der Waals surface area contributed by atoms with Gasteiger partial charge in [-0.25, -0.2) is 14.4 Å². The van der Waals surface area contributed by atoms with Gasteiger partial charge in [-0.15, -0.1) is 6.58 Å². The number of hydrogen-bond donors (Lipinski definition) is 0. The van der Waals surface area contributed by atoms with Gasteiger partial charge in [-0.1, -0.05) is 42.5 Å². The van der Waals surface area contributed by atoms with Crippen molar-refractivity contribution in [2.24, 2.45) is 0 Å². The van der Waals surface area contributed by atoms with Gasteiger partial charge in [0.25, 0.3) is 0 Å². The standard InChI is InChI=1S/C24H25FN2/c1-3-7-19-10-11-21-15-22(13-12-20(21)14-19)23-16-26-24(27-17-23)9-6-4-5-8-18(2)25/h3,6,9-18H,1,4-5,7-8H2,2H3/b9-6+. The van der Waals surface area contributed by atoms with Crippen molar-refractivity contribution >= 4 is 16.8 Å². The van der Waals surface area contributed by atoms with Gasteiger partial charge in [-0.3, -0.25) is 0 Å². The predicted molar refractivity (Wildman–Crippen MR) is 112 cm³/mol. The highest BCUT2D eigenvalue weighted by atomic mass is 19.1. The molecule has 0 radical (unpaired) electrons. The van der Waals surface area contributed by atoms with Gasteiger partial charge in [0.1, 0.15) is 0 Å². The smallest absolute Gasteiger partial charge is 0.151 e. The van der Waals surface area contributed by atoms with Gasteiger partial charge in [0.05, 0.1) is 6.17 Å². The third-order valence-electron chi connectivity index (χ3n) is 4.53. The third kappa shape index (κ3) is 5.33. The number of halogens is 1. The maximum Gasteiger partial charge on any atom is 0.151 e. The second kappa shape index (κ2) is 9.22. The van der Waals surface area contributed by atoms with E-state index in [1.54, 1.807) is 6.92 Å². The fraction of sp³-hybridized carbons (Fsp3) is 0.250. The predicted octanol–water partition coefficient (Wildman–Crippen LogP) is 6.57. The summed E-state index contributed by atoms with van der Waals surface area (Å²) in [6.07, 6.45) is 12.0. The van der Waals surface area contributed by atoms with E-state index >= 15 is 0 Å². The van der Waals surface area contributed by atoms with Crippen LogP contribution in [0.15, 0.2) is 67.5 Å². The average molecular weight is 360 g/mol. The maximum absolute atomic E-state index is 12.8. The number of nitrogens with zero attached hydrogens (tertiary/aromatic N) is 2. The minimum absolute atomic E-state index is 0.598. The molecule has 138 valence electrons. The van der Waals surface area contributed by atoms with E-state index in [1.807, 2.05) is 30.6 Å². The molecule has 2 nitrogen and oxygen atoms in total. The molecule has 0 amide bonds. The molecule has 3 heteroatoms. The van der Waals surface area contributed by atoms with E-state index in [-0.39, 0.29) is 0 Å². The van der Waals surface area contributed by atoms with E-state index in [0.717, 1.165) is 30.4 Å². The number of benzene rings is 2. The molecule has 1 unspecified atom stereocenters. The molecule has 1 atom stereocenters. The number of allylic oxidation sites excluding steroid dienone is 2. The molecule has 3 rings (SSSR count). The fourth-order valence-electron chi connectivity index (χ4n) is 3.05. The van der Waals surface area contributed by atoms with Crippen LogP contribution in [0.1, 0.15) is 37.6 Å². The van der Waals surface area contributed by atoms with Crippen LogP contribution in [-0.2, 0) is 6.42 Å². The summed E-state index contributed by atoms with van der Waals surface area (Å²) in [5.74, 6) is 0.682. The summed E-state index contributed by atoms with van der Waals surface area (Å²) in [5, 5.41) is 2.42. The topological polar surface area (TPSA) is 25.8 Å². The van der Waals surface area contributed by atoms with Crippen LogP contribution in [0.5, 0.6) is 0 Å². The van der Waals surface area contributed by atoms with Crippen LogP contribution in [0.25, 0.3) is 28.0 Å². The first-order valence-electron chi connectivity index (χ1n) is 9.42. The van der Waals surface area contributed by atoms with Gasteiger partial charge >= 0.3 is 0 Å². The molecule has 0 bridgehead atoms. The van der Waals surface area contributed by atoms with Crippen molar-refractivity contribution in [3.05, 3.63) is 78.9 Å². The summed E-state index contributed by atoms with van der Waals surface area (Å²) in [5.41, 5.74) is 3.37. The lowest BCUT2D eigenvalue weighted by Crippen LogP contribution is -1.91. The summed E-state index contributed by atoms with van der Waals surface area (Å²) in [4.78, 5) is 8.85. The Kier molecular flexibility index (Phi) is 6.48. The molecule has 0 aliphatic rings. The molecular weight excluding hydrogens is 335 g/mol. The molecule has 0 aliphatic heterocycles. The zero-order valence-electron chi connectivity index (χ0n) is 15.7. The van der Waals surface area contributed by atoms with Crippen molar-refractivity contribution in [1.82, 2.24) is 9.97 Å². The summed E-state index contributed by atoms with van der Waals surface area (Å²) >= 11 is 0. The van der Waals surface area contributed by atoms with Crippen molar-refractivity contribution < 1.29 is 4.39 Å². The van der Waals surface area contributed by atoms with Gasteiger partial charge in [0.15, 0.2) is 5.82 Å². The fourth-order valence-corrected chi connectivity index (χ4v) is 3.05. The molecule has 0 fully saturated rings. The molecule has 0 saturated heterocycles. The lowest BCUT2D eigenvalue weighted by Gasteiger charge is -2.06. The Balaban J connectivity index is 1.70. The molecule has 0 spiro atoms. The molecule has 1 heterocycles. The van der Waals surface area contributed by atoms with E-state index in [4.69, 9.17) is 0 Å². The molecular formula is C24H25FN2. The van der Waals surface area contributed by atoms with Gasteiger partial charge in [-0.05, 0) is 66.6 Å². The van der Waals surface area contributed by atoms with Crippen LogP contribution in [-0.4, -0.2) is 16.1 Å². The SMILES string of the molecule is C=CCc1ccc2cc(-c3cnc(/C=C/CCCC(C)F)nc3)ccc2c1. The van der Waals surface area contributed by atoms with Crippen LogP contribution in [0.2, 0.25) is 0 Å². The minimum atomic E-state index is -0.732. The quantitative estimate of drug-likeness (QED) is 0.335. The Labute approximate surface area is 160 Å². The molecule has 0 aliphatic carbocycles. The average Bonchev–Trinajstić information content (AvgIpc) is 2.68. The Bertz CT molecular complexity index is 927. The van der Waals surface area contributed by atoms with E-state index < -0.39 is 6.17 Å². The van der Waals surface area contributed by atoms with Crippen LogP contribution >= 0.6 is 0 Å². The van der Waals surface area contributed by atoms with E-state index in [9.17, 15) is 4.39 Å². The second-order valence-corrected chi connectivity index (χ2v) is 6.83. The Hall–Kier alpha value is -2.81. The molecule has 0 N–H and O–H groups in total. The van der Waals surface area contributed by atoms with Gasteiger partial charge in [0, 0.05) is 18.0 Å². The van der Waals surface area contributed by atoms with Crippen LogP contribution in [0, 0.1) is 0 Å². The highest BCUT2D eigenvalue weighted by molar-refractivity contribution is 5.87. The molecule has 3 aromatic rings. The first kappa shape index (κ1) is 19.0. The zero-order chi connectivity index (χ0) is 19.1. The Morgan fingerprint density at radius 3 is 2.52 bits per heavy atom. The lowest BCUT2D eigenvalue weighted by molar-refractivity contribution is 0.335. The first-order valence-corrected chi connectivity index (χ1v) is 9.42. The van der Waals surface area contributed by atoms with E-state index in [2.05, 4.69) is 52.9 Å². The number of unbranched alkanes of at least 4 members (excludes halogenated alkanes) is 1. The molecule has 0 saturated carbocycles. The number of alkyl halides is 1. The lowest BCUT2D eigenvalue weighted by atomic mass is 10.0.